The molecule has 0 bridgehead atoms. The van der Waals surface area contributed by atoms with E-state index in [0.29, 0.717) is 6.08 Å². The summed E-state index contributed by atoms with van der Waals surface area (Å²) in [7, 11) is -4.00. The molecule has 22 heavy (non-hydrogen) atoms. The molecule has 4 N–H and O–H groups in total. The monoisotopic (exact) mass is 332 g/mol. The first kappa shape index (κ1) is 19.3. The summed E-state index contributed by atoms with van der Waals surface area (Å²) < 4.78 is 29.2. The minimum Gasteiger partial charge on any atom is -0.481 e. The van der Waals surface area contributed by atoms with Crippen LogP contribution in [0.25, 0.3) is 0 Å². The molecule has 0 unspecified atom stereocenters. The van der Waals surface area contributed by atoms with Crippen molar-refractivity contribution in [3.05, 3.63) is 42.0 Å². The molecule has 0 radical (unpaired) electrons. The van der Waals surface area contributed by atoms with Crippen LogP contribution in [0.3, 0.4) is 0 Å². The van der Waals surface area contributed by atoms with Crippen molar-refractivity contribution >= 4 is 28.0 Å². The van der Waals surface area contributed by atoms with Gasteiger partial charge in [0.05, 0.1) is 16.9 Å². The van der Waals surface area contributed by atoms with E-state index in [0.717, 1.165) is 0 Å². The van der Waals surface area contributed by atoms with Crippen LogP contribution in [0.5, 0.6) is 0 Å². The van der Waals surface area contributed by atoms with E-state index in [1.807, 2.05) is 0 Å². The fourth-order valence-corrected chi connectivity index (χ4v) is 1.59. The summed E-state index contributed by atoms with van der Waals surface area (Å²) in [4.78, 5) is 30.1. The average Bonchev–Trinajstić information content (AvgIpc) is 2.37. The van der Waals surface area contributed by atoms with Crippen LogP contribution in [0.4, 0.5) is 0 Å². The molecular formula is C12H12O9S. The van der Waals surface area contributed by atoms with E-state index in [-0.39, 0.29) is 4.90 Å². The Labute approximate surface area is 124 Å². The highest BCUT2D eigenvalue weighted by Crippen LogP contribution is 2.05. The van der Waals surface area contributed by atoms with E-state index in [1.165, 1.54) is 12.1 Å². The molecule has 120 valence electrons. The van der Waals surface area contributed by atoms with Gasteiger partial charge in [-0.2, -0.15) is 8.42 Å². The molecule has 0 aliphatic carbocycles. The molecule has 10 heteroatoms. The zero-order valence-electron chi connectivity index (χ0n) is 10.9. The summed E-state index contributed by atoms with van der Waals surface area (Å²) in [5.41, 5.74) is -0.657. The third kappa shape index (κ3) is 8.45. The molecule has 0 saturated heterocycles. The Hall–Kier alpha value is -2.72. The van der Waals surface area contributed by atoms with Crippen molar-refractivity contribution in [1.82, 2.24) is 0 Å². The quantitative estimate of drug-likeness (QED) is 0.443. The maximum atomic E-state index is 10.4. The van der Waals surface area contributed by atoms with Crippen LogP contribution in [0.15, 0.2) is 46.9 Å². The van der Waals surface area contributed by atoms with Gasteiger partial charge in [-0.15, -0.1) is 0 Å². The van der Waals surface area contributed by atoms with Gasteiger partial charge in [-0.1, -0.05) is 18.2 Å². The second-order valence-corrected chi connectivity index (χ2v) is 5.09. The maximum Gasteiger partial charge on any atom is 0.332 e. The summed E-state index contributed by atoms with van der Waals surface area (Å²) in [6, 6.07) is 7.42. The van der Waals surface area contributed by atoms with Crippen LogP contribution in [-0.4, -0.2) is 46.2 Å². The van der Waals surface area contributed by atoms with E-state index in [1.54, 1.807) is 18.2 Å². The fraction of sp³-hybridized carbons (Fsp3) is 0.0833. The number of hydrogen-bond acceptors (Lipinski definition) is 5. The normalized spacial score (nSPS) is 11.0. The highest BCUT2D eigenvalue weighted by Gasteiger charge is 2.12. The lowest BCUT2D eigenvalue weighted by Crippen LogP contribution is -2.08. The number of benzene rings is 1. The first-order valence-electron chi connectivity index (χ1n) is 5.45. The minimum absolute atomic E-state index is 0.0741. The van der Waals surface area contributed by atoms with Gasteiger partial charge in [0.2, 0.25) is 0 Å². The lowest BCUT2D eigenvalue weighted by Gasteiger charge is -1.94. The average molecular weight is 332 g/mol. The van der Waals surface area contributed by atoms with Crippen molar-refractivity contribution in [2.75, 3.05) is 0 Å². The molecule has 1 rings (SSSR count). The molecule has 0 heterocycles. The van der Waals surface area contributed by atoms with Crippen molar-refractivity contribution in [3.8, 4) is 0 Å². The Morgan fingerprint density at radius 2 is 1.50 bits per heavy atom. The highest BCUT2D eigenvalue weighted by atomic mass is 32.2. The largest absolute Gasteiger partial charge is 0.481 e. The third-order valence-corrected chi connectivity index (χ3v) is 2.82. The Balaban J connectivity index is 0.000000406. The van der Waals surface area contributed by atoms with Gasteiger partial charge >= 0.3 is 17.9 Å². The summed E-state index contributed by atoms with van der Waals surface area (Å²) in [5, 5.41) is 24.5. The predicted molar refractivity (Wildman–Crippen MR) is 71.9 cm³/mol. The van der Waals surface area contributed by atoms with Crippen LogP contribution < -0.4 is 0 Å². The third-order valence-electron chi connectivity index (χ3n) is 1.96. The maximum absolute atomic E-state index is 10.4. The van der Waals surface area contributed by atoms with Crippen LogP contribution in [0.1, 0.15) is 6.42 Å². The summed E-state index contributed by atoms with van der Waals surface area (Å²) in [6.07, 6.45) is -0.446. The summed E-state index contributed by atoms with van der Waals surface area (Å²) >= 11 is 0. The molecular weight excluding hydrogens is 320 g/mol. The van der Waals surface area contributed by atoms with E-state index in [9.17, 15) is 22.8 Å². The van der Waals surface area contributed by atoms with E-state index in [4.69, 9.17) is 19.9 Å². The Kier molecular flexibility index (Phi) is 7.49. The number of carbonyl (C=O) groups is 3. The van der Waals surface area contributed by atoms with Crippen molar-refractivity contribution in [2.45, 2.75) is 11.3 Å². The lowest BCUT2D eigenvalue weighted by molar-refractivity contribution is -0.140. The van der Waals surface area contributed by atoms with Crippen molar-refractivity contribution < 1.29 is 42.7 Å². The van der Waals surface area contributed by atoms with Gasteiger partial charge in [0.15, 0.2) is 0 Å². The Morgan fingerprint density at radius 3 is 1.77 bits per heavy atom. The van der Waals surface area contributed by atoms with Crippen LogP contribution in [0.2, 0.25) is 0 Å². The molecule has 0 aromatic heterocycles. The number of hydrogen-bond donors (Lipinski definition) is 4. The van der Waals surface area contributed by atoms with Gasteiger partial charge in [-0.25, -0.2) is 9.59 Å². The second kappa shape index (κ2) is 8.54. The first-order valence-corrected chi connectivity index (χ1v) is 6.89. The van der Waals surface area contributed by atoms with Gasteiger partial charge < -0.3 is 15.3 Å². The smallest absolute Gasteiger partial charge is 0.332 e. The number of rotatable bonds is 5. The molecule has 0 saturated carbocycles. The Bertz CT molecular complexity index is 674. The van der Waals surface area contributed by atoms with Gasteiger partial charge in [0, 0.05) is 6.08 Å². The molecule has 9 nitrogen and oxygen atoms in total. The fourth-order valence-electron chi connectivity index (χ4n) is 1.09. The molecule has 0 aliphatic rings. The lowest BCUT2D eigenvalue weighted by atomic mass is 10.2. The summed E-state index contributed by atoms with van der Waals surface area (Å²) in [5.74, 6) is -4.40. The van der Waals surface area contributed by atoms with Crippen molar-refractivity contribution in [3.63, 3.8) is 0 Å². The standard InChI is InChI=1S/C6H6O6.C6H6O3S/c7-4(8)1-3(6(11)12)2-5(9)10;7-10(8,9)6-4-2-1-3-5-6/h1H,2H2,(H,7,8)(H,9,10)(H,11,12);1-5H,(H,7,8,9). The van der Waals surface area contributed by atoms with Crippen LogP contribution >= 0.6 is 0 Å². The molecule has 0 atom stereocenters. The number of carboxylic acid groups (broad SMARTS) is 3. The molecule has 0 fully saturated rings. The van der Waals surface area contributed by atoms with E-state index >= 15 is 0 Å². The predicted octanol–water partition coefficient (Wildman–Crippen LogP) is 0.490. The molecule has 0 spiro atoms. The minimum atomic E-state index is -4.00. The van der Waals surface area contributed by atoms with Gasteiger partial charge in [-0.05, 0) is 12.1 Å². The first-order chi connectivity index (χ1) is 10.0. The molecule has 0 aliphatic heterocycles. The Morgan fingerprint density at radius 1 is 1.00 bits per heavy atom. The van der Waals surface area contributed by atoms with E-state index in [2.05, 4.69) is 0 Å². The van der Waals surface area contributed by atoms with Gasteiger partial charge in [0.1, 0.15) is 0 Å². The van der Waals surface area contributed by atoms with Crippen molar-refractivity contribution in [2.24, 2.45) is 0 Å². The van der Waals surface area contributed by atoms with Gasteiger partial charge in [0.25, 0.3) is 10.1 Å². The highest BCUT2D eigenvalue weighted by molar-refractivity contribution is 7.85. The van der Waals surface area contributed by atoms with Crippen LogP contribution in [-0.2, 0) is 24.5 Å². The topological polar surface area (TPSA) is 166 Å². The molecule has 1 aromatic rings. The SMILES string of the molecule is O=C(O)C=C(CC(=O)O)C(=O)O.O=S(=O)(O)c1ccccc1. The van der Waals surface area contributed by atoms with Crippen LogP contribution in [0, 0.1) is 0 Å². The zero-order valence-corrected chi connectivity index (χ0v) is 11.7. The zero-order chi connectivity index (χ0) is 17.3. The summed E-state index contributed by atoms with van der Waals surface area (Å²) in [6.45, 7) is 0. The van der Waals surface area contributed by atoms with E-state index < -0.39 is 40.0 Å². The van der Waals surface area contributed by atoms with Gasteiger partial charge in [-0.3, -0.25) is 9.35 Å². The molecule has 0 amide bonds. The second-order valence-electron chi connectivity index (χ2n) is 3.67. The van der Waals surface area contributed by atoms with Crippen molar-refractivity contribution in [1.29, 1.82) is 0 Å². The number of aliphatic carboxylic acids is 3. The molecule has 1 aromatic carbocycles. The number of carboxylic acids is 3.